The van der Waals surface area contributed by atoms with Gasteiger partial charge in [-0.25, -0.2) is 4.98 Å². The molecule has 0 bridgehead atoms. The predicted octanol–water partition coefficient (Wildman–Crippen LogP) is 2.90. The second-order valence-electron chi connectivity index (χ2n) is 6.96. The molecule has 1 saturated heterocycles. The van der Waals surface area contributed by atoms with Crippen LogP contribution in [0.15, 0.2) is 45.7 Å². The third kappa shape index (κ3) is 4.69. The Kier molecular flexibility index (Phi) is 6.71. The van der Waals surface area contributed by atoms with Gasteiger partial charge >= 0.3 is 0 Å². The number of fused-ring (bicyclic) bond motifs is 1. The number of thioether (sulfide) groups is 1. The molecule has 1 fully saturated rings. The molecule has 0 radical (unpaired) electrons. The summed E-state index contributed by atoms with van der Waals surface area (Å²) >= 11 is 2.64. The van der Waals surface area contributed by atoms with E-state index in [9.17, 15) is 9.59 Å². The van der Waals surface area contributed by atoms with Gasteiger partial charge in [0.15, 0.2) is 5.16 Å². The van der Waals surface area contributed by atoms with E-state index >= 15 is 0 Å². The number of carbonyl (C=O) groups is 1. The number of aromatic nitrogens is 2. The second kappa shape index (κ2) is 9.63. The zero-order chi connectivity index (χ0) is 20.9. The molecule has 1 amide bonds. The fourth-order valence-corrected chi connectivity index (χ4v) is 5.00. The Hall–Kier alpha value is -2.36. The van der Waals surface area contributed by atoms with Crippen LogP contribution in [0, 0.1) is 0 Å². The molecule has 3 aromatic rings. The first-order valence-corrected chi connectivity index (χ1v) is 11.6. The Balaban J connectivity index is 1.54. The lowest BCUT2D eigenvalue weighted by molar-refractivity contribution is -0.119. The van der Waals surface area contributed by atoms with E-state index in [-0.39, 0.29) is 23.3 Å². The molecule has 7 nitrogen and oxygen atoms in total. The molecule has 30 heavy (non-hydrogen) atoms. The third-order valence-electron chi connectivity index (χ3n) is 4.94. The number of rotatable bonds is 8. The Bertz CT molecular complexity index is 1090. The van der Waals surface area contributed by atoms with Gasteiger partial charge in [-0.3, -0.25) is 14.2 Å². The van der Waals surface area contributed by atoms with Gasteiger partial charge < -0.3 is 14.8 Å². The summed E-state index contributed by atoms with van der Waals surface area (Å²) in [5.74, 6) is 0.792. The van der Waals surface area contributed by atoms with Crippen molar-refractivity contribution in [3.63, 3.8) is 0 Å². The summed E-state index contributed by atoms with van der Waals surface area (Å²) in [4.78, 5) is 30.1. The molecule has 158 valence electrons. The number of nitrogens with zero attached hydrogens (tertiary/aromatic N) is 2. The summed E-state index contributed by atoms with van der Waals surface area (Å²) in [6.45, 7) is 1.60. The normalized spacial score (nSPS) is 16.1. The molecule has 0 unspecified atom stereocenters. The zero-order valence-corrected chi connectivity index (χ0v) is 18.3. The van der Waals surface area contributed by atoms with E-state index in [0.29, 0.717) is 34.2 Å². The fourth-order valence-electron chi connectivity index (χ4n) is 3.39. The highest BCUT2D eigenvalue weighted by Gasteiger charge is 2.18. The van der Waals surface area contributed by atoms with Crippen molar-refractivity contribution in [3.8, 4) is 5.75 Å². The van der Waals surface area contributed by atoms with Crippen molar-refractivity contribution in [2.45, 2.75) is 30.6 Å². The van der Waals surface area contributed by atoms with Gasteiger partial charge in [-0.05, 0) is 30.4 Å². The van der Waals surface area contributed by atoms with E-state index in [4.69, 9.17) is 9.47 Å². The molecule has 1 N–H and O–H groups in total. The van der Waals surface area contributed by atoms with Crippen LogP contribution in [-0.2, 0) is 16.1 Å². The zero-order valence-electron chi connectivity index (χ0n) is 16.6. The molecule has 1 aromatic carbocycles. The van der Waals surface area contributed by atoms with Crippen molar-refractivity contribution in [1.82, 2.24) is 14.9 Å². The van der Waals surface area contributed by atoms with E-state index in [0.717, 1.165) is 25.0 Å². The van der Waals surface area contributed by atoms with Crippen LogP contribution in [0.25, 0.3) is 10.2 Å². The first-order chi connectivity index (χ1) is 14.7. The van der Waals surface area contributed by atoms with Gasteiger partial charge in [0.1, 0.15) is 10.4 Å². The smallest absolute Gasteiger partial charge is 0.272 e. The molecule has 0 spiro atoms. The Morgan fingerprint density at radius 1 is 1.40 bits per heavy atom. The monoisotopic (exact) mass is 445 g/mol. The summed E-state index contributed by atoms with van der Waals surface area (Å²) in [6, 6.07) is 9.41. The molecule has 1 aliphatic heterocycles. The second-order valence-corrected chi connectivity index (χ2v) is 8.82. The number of hydrogen-bond donors (Lipinski definition) is 1. The van der Waals surface area contributed by atoms with Crippen LogP contribution < -0.4 is 15.6 Å². The topological polar surface area (TPSA) is 82.4 Å². The number of thiophene rings is 1. The maximum Gasteiger partial charge on any atom is 0.272 e. The number of nitrogens with one attached hydrogen (secondary N) is 1. The van der Waals surface area contributed by atoms with Gasteiger partial charge in [-0.2, -0.15) is 0 Å². The van der Waals surface area contributed by atoms with Crippen LogP contribution in [0.5, 0.6) is 5.75 Å². The van der Waals surface area contributed by atoms with Crippen molar-refractivity contribution in [2.24, 2.45) is 0 Å². The van der Waals surface area contributed by atoms with Crippen LogP contribution in [-0.4, -0.2) is 47.6 Å². The quantitative estimate of drug-likeness (QED) is 0.424. The summed E-state index contributed by atoms with van der Waals surface area (Å²) in [6.07, 6.45) is 2.11. The average Bonchev–Trinajstić information content (AvgIpc) is 3.45. The molecular weight excluding hydrogens is 422 g/mol. The number of para-hydroxylation sites is 1. The van der Waals surface area contributed by atoms with Gasteiger partial charge in [0.2, 0.25) is 5.91 Å². The maximum absolute atomic E-state index is 13.1. The number of benzene rings is 1. The first kappa shape index (κ1) is 20.9. The summed E-state index contributed by atoms with van der Waals surface area (Å²) in [5.41, 5.74) is 1.43. The largest absolute Gasteiger partial charge is 0.496 e. The lowest BCUT2D eigenvalue weighted by atomic mass is 10.2. The van der Waals surface area contributed by atoms with Gasteiger partial charge in [0.25, 0.3) is 5.56 Å². The van der Waals surface area contributed by atoms with Gasteiger partial charge in [0.05, 0.1) is 31.0 Å². The highest BCUT2D eigenvalue weighted by atomic mass is 32.2. The number of ether oxygens (including phenoxy) is 2. The minimum atomic E-state index is -0.108. The van der Waals surface area contributed by atoms with E-state index in [1.165, 1.54) is 23.1 Å². The third-order valence-corrected chi connectivity index (χ3v) is 6.80. The van der Waals surface area contributed by atoms with Crippen molar-refractivity contribution in [1.29, 1.82) is 0 Å². The average molecular weight is 446 g/mol. The maximum atomic E-state index is 13.1. The summed E-state index contributed by atoms with van der Waals surface area (Å²) in [7, 11) is 1.61. The highest BCUT2D eigenvalue weighted by Crippen LogP contribution is 2.24. The van der Waals surface area contributed by atoms with Gasteiger partial charge in [0, 0.05) is 18.7 Å². The predicted molar refractivity (Wildman–Crippen MR) is 119 cm³/mol. The standard InChI is InChI=1S/C21H23N3O4S2/c1-27-17-7-3-2-5-14(17)12-24-20(26)19-16(8-10-29-19)23-21(24)30-13-18(25)22-11-15-6-4-9-28-15/h2-3,5,7-8,10,15H,4,6,9,11-13H2,1H3,(H,22,25)/t15-/m1/s1. The molecule has 9 heteroatoms. The Morgan fingerprint density at radius 2 is 2.27 bits per heavy atom. The van der Waals surface area contributed by atoms with E-state index < -0.39 is 0 Å². The Labute approximate surface area is 182 Å². The minimum absolute atomic E-state index is 0.0981. The highest BCUT2D eigenvalue weighted by molar-refractivity contribution is 7.99. The lowest BCUT2D eigenvalue weighted by Gasteiger charge is -2.14. The van der Waals surface area contributed by atoms with Gasteiger partial charge in [-0.15, -0.1) is 11.3 Å². The molecule has 1 aliphatic rings. The van der Waals surface area contributed by atoms with Crippen LogP contribution in [0.3, 0.4) is 0 Å². The van der Waals surface area contributed by atoms with Crippen LogP contribution in [0.4, 0.5) is 0 Å². The first-order valence-electron chi connectivity index (χ1n) is 9.76. The number of methoxy groups -OCH3 is 1. The fraction of sp³-hybridized carbons (Fsp3) is 0.381. The van der Waals surface area contributed by atoms with E-state index in [1.54, 1.807) is 11.7 Å². The van der Waals surface area contributed by atoms with Crippen LogP contribution in [0.2, 0.25) is 0 Å². The van der Waals surface area contributed by atoms with Crippen molar-refractivity contribution in [3.05, 3.63) is 51.6 Å². The minimum Gasteiger partial charge on any atom is -0.496 e. The van der Waals surface area contributed by atoms with Crippen molar-refractivity contribution in [2.75, 3.05) is 26.0 Å². The van der Waals surface area contributed by atoms with E-state index in [1.807, 2.05) is 35.7 Å². The van der Waals surface area contributed by atoms with Crippen molar-refractivity contribution < 1.29 is 14.3 Å². The van der Waals surface area contributed by atoms with Crippen LogP contribution >= 0.6 is 23.1 Å². The van der Waals surface area contributed by atoms with E-state index in [2.05, 4.69) is 10.3 Å². The molecule has 1 atom stereocenters. The number of hydrogen-bond acceptors (Lipinski definition) is 7. The van der Waals surface area contributed by atoms with Crippen molar-refractivity contribution >= 4 is 39.2 Å². The Morgan fingerprint density at radius 3 is 3.07 bits per heavy atom. The SMILES string of the molecule is COc1ccccc1Cn1c(SCC(=O)NC[C@H]2CCCO2)nc2ccsc2c1=O. The molecule has 2 aromatic heterocycles. The summed E-state index contributed by atoms with van der Waals surface area (Å²) < 4.78 is 13.2. The summed E-state index contributed by atoms with van der Waals surface area (Å²) in [5, 5.41) is 5.29. The van der Waals surface area contributed by atoms with Crippen LogP contribution in [0.1, 0.15) is 18.4 Å². The van der Waals surface area contributed by atoms with Gasteiger partial charge in [-0.1, -0.05) is 30.0 Å². The molecule has 3 heterocycles. The molecule has 0 saturated carbocycles. The molecule has 4 rings (SSSR count). The molecular formula is C21H23N3O4S2. The number of carbonyl (C=O) groups excluding carboxylic acids is 1. The molecule has 0 aliphatic carbocycles. The lowest BCUT2D eigenvalue weighted by Crippen LogP contribution is -2.33. The number of amides is 1.